The number of halogens is 1. The molecule has 0 atom stereocenters. The van der Waals surface area contributed by atoms with Crippen LogP contribution in [0.2, 0.25) is 0 Å². The Hall–Kier alpha value is -1.83. The molecule has 0 unspecified atom stereocenters. The van der Waals surface area contributed by atoms with Gasteiger partial charge in [0.2, 0.25) is 5.88 Å². The molecule has 2 rings (SSSR count). The highest BCUT2D eigenvalue weighted by Gasteiger charge is 2.06. The van der Waals surface area contributed by atoms with Gasteiger partial charge in [-0.2, -0.15) is 0 Å². The Morgan fingerprint density at radius 2 is 1.88 bits per heavy atom. The van der Waals surface area contributed by atoms with Gasteiger partial charge in [-0.1, -0.05) is 50.2 Å². The van der Waals surface area contributed by atoms with Crippen molar-refractivity contribution in [2.75, 3.05) is 13.1 Å². The highest BCUT2D eigenvalue weighted by atomic mass is 127. The molecule has 0 amide bonds. The quantitative estimate of drug-likeness (QED) is 0.350. The Bertz CT molecular complexity index is 662. The molecular formula is C20H29IN4O. The molecule has 5 nitrogen and oxygen atoms in total. The fraction of sp³-hybridized carbons (Fsp3) is 0.400. The summed E-state index contributed by atoms with van der Waals surface area (Å²) in [6.45, 7) is 9.14. The zero-order chi connectivity index (χ0) is 17.9. The summed E-state index contributed by atoms with van der Waals surface area (Å²) in [5, 5.41) is 6.61. The van der Waals surface area contributed by atoms with Gasteiger partial charge in [0.1, 0.15) is 6.61 Å². The molecule has 0 aliphatic heterocycles. The molecular weight excluding hydrogens is 439 g/mol. The maximum absolute atomic E-state index is 5.89. The first-order chi connectivity index (χ1) is 12.2. The third-order valence-electron chi connectivity index (χ3n) is 3.50. The number of guanidine groups is 1. The Morgan fingerprint density at radius 1 is 1.12 bits per heavy atom. The predicted octanol–water partition coefficient (Wildman–Crippen LogP) is 3.99. The van der Waals surface area contributed by atoms with Crippen molar-refractivity contribution in [1.29, 1.82) is 0 Å². The number of aromatic nitrogens is 1. The SMILES string of the molecule is CCNC(=NCc1cccnc1OCc1ccccc1)NCC(C)C.I. The number of rotatable bonds is 8. The molecule has 0 fully saturated rings. The minimum absolute atomic E-state index is 0. The van der Waals surface area contributed by atoms with E-state index in [1.54, 1.807) is 6.20 Å². The van der Waals surface area contributed by atoms with Crippen LogP contribution in [0.3, 0.4) is 0 Å². The average molecular weight is 468 g/mol. The molecule has 0 aliphatic rings. The lowest BCUT2D eigenvalue weighted by molar-refractivity contribution is 0.290. The summed E-state index contributed by atoms with van der Waals surface area (Å²) in [7, 11) is 0. The van der Waals surface area contributed by atoms with Crippen LogP contribution in [0.25, 0.3) is 0 Å². The molecule has 26 heavy (non-hydrogen) atoms. The number of hydrogen-bond acceptors (Lipinski definition) is 3. The van der Waals surface area contributed by atoms with Crippen LogP contribution in [0.5, 0.6) is 5.88 Å². The molecule has 0 saturated heterocycles. The molecule has 142 valence electrons. The zero-order valence-corrected chi connectivity index (χ0v) is 18.1. The Balaban J connectivity index is 0.00000338. The van der Waals surface area contributed by atoms with Crippen molar-refractivity contribution < 1.29 is 4.74 Å². The van der Waals surface area contributed by atoms with E-state index in [0.29, 0.717) is 24.9 Å². The van der Waals surface area contributed by atoms with E-state index in [-0.39, 0.29) is 24.0 Å². The largest absolute Gasteiger partial charge is 0.473 e. The molecule has 1 aromatic heterocycles. The van der Waals surface area contributed by atoms with Gasteiger partial charge < -0.3 is 15.4 Å². The lowest BCUT2D eigenvalue weighted by Gasteiger charge is -2.13. The van der Waals surface area contributed by atoms with Crippen molar-refractivity contribution in [3.05, 3.63) is 59.8 Å². The van der Waals surface area contributed by atoms with Crippen LogP contribution < -0.4 is 15.4 Å². The van der Waals surface area contributed by atoms with E-state index in [1.807, 2.05) is 42.5 Å². The van der Waals surface area contributed by atoms with Gasteiger partial charge in [-0.3, -0.25) is 0 Å². The van der Waals surface area contributed by atoms with E-state index < -0.39 is 0 Å². The second-order valence-electron chi connectivity index (χ2n) is 6.21. The highest BCUT2D eigenvalue weighted by Crippen LogP contribution is 2.17. The normalized spacial score (nSPS) is 11.0. The summed E-state index contributed by atoms with van der Waals surface area (Å²) in [5.74, 6) is 2.01. The summed E-state index contributed by atoms with van der Waals surface area (Å²) < 4.78 is 5.89. The van der Waals surface area contributed by atoms with E-state index in [9.17, 15) is 0 Å². The maximum Gasteiger partial charge on any atom is 0.218 e. The van der Waals surface area contributed by atoms with Crippen LogP contribution >= 0.6 is 24.0 Å². The van der Waals surface area contributed by atoms with E-state index in [0.717, 1.165) is 30.2 Å². The van der Waals surface area contributed by atoms with Crippen LogP contribution in [-0.4, -0.2) is 24.0 Å². The summed E-state index contributed by atoms with van der Waals surface area (Å²) >= 11 is 0. The predicted molar refractivity (Wildman–Crippen MR) is 118 cm³/mol. The number of aliphatic imine (C=N–C) groups is 1. The van der Waals surface area contributed by atoms with Crippen molar-refractivity contribution in [3.63, 3.8) is 0 Å². The number of pyridine rings is 1. The molecule has 6 heteroatoms. The highest BCUT2D eigenvalue weighted by molar-refractivity contribution is 14.0. The number of hydrogen-bond donors (Lipinski definition) is 2. The monoisotopic (exact) mass is 468 g/mol. The van der Waals surface area contributed by atoms with Gasteiger partial charge in [0.25, 0.3) is 0 Å². The van der Waals surface area contributed by atoms with Crippen molar-refractivity contribution >= 4 is 29.9 Å². The van der Waals surface area contributed by atoms with Crippen molar-refractivity contribution in [2.24, 2.45) is 10.9 Å². The molecule has 0 aliphatic carbocycles. The van der Waals surface area contributed by atoms with E-state index in [4.69, 9.17) is 4.74 Å². The third kappa shape index (κ3) is 8.03. The van der Waals surface area contributed by atoms with Crippen LogP contribution in [0.1, 0.15) is 31.9 Å². The molecule has 0 radical (unpaired) electrons. The number of nitrogens with one attached hydrogen (secondary N) is 2. The first kappa shape index (κ1) is 22.2. The zero-order valence-electron chi connectivity index (χ0n) is 15.7. The van der Waals surface area contributed by atoms with E-state index in [2.05, 4.69) is 41.4 Å². The smallest absolute Gasteiger partial charge is 0.218 e. The van der Waals surface area contributed by atoms with Gasteiger partial charge in [0.05, 0.1) is 6.54 Å². The Morgan fingerprint density at radius 3 is 2.58 bits per heavy atom. The van der Waals surface area contributed by atoms with Gasteiger partial charge >= 0.3 is 0 Å². The molecule has 0 bridgehead atoms. The minimum atomic E-state index is 0. The van der Waals surface area contributed by atoms with Crippen LogP contribution in [0.4, 0.5) is 0 Å². The van der Waals surface area contributed by atoms with Gasteiger partial charge in [0.15, 0.2) is 5.96 Å². The Labute approximate surface area is 173 Å². The van der Waals surface area contributed by atoms with Crippen molar-refractivity contribution in [3.8, 4) is 5.88 Å². The topological polar surface area (TPSA) is 58.5 Å². The summed E-state index contributed by atoms with van der Waals surface area (Å²) in [5.41, 5.74) is 2.09. The number of nitrogens with zero attached hydrogens (tertiary/aromatic N) is 2. The lowest BCUT2D eigenvalue weighted by atomic mass is 10.2. The molecule has 0 spiro atoms. The average Bonchev–Trinajstić information content (AvgIpc) is 2.63. The first-order valence-electron chi connectivity index (χ1n) is 8.81. The maximum atomic E-state index is 5.89. The van der Waals surface area contributed by atoms with E-state index >= 15 is 0 Å². The van der Waals surface area contributed by atoms with Gasteiger partial charge in [-0.15, -0.1) is 24.0 Å². The molecule has 1 heterocycles. The summed E-state index contributed by atoms with van der Waals surface area (Å²) in [4.78, 5) is 9.01. The van der Waals surface area contributed by atoms with Crippen LogP contribution in [0.15, 0.2) is 53.7 Å². The van der Waals surface area contributed by atoms with Gasteiger partial charge in [0, 0.05) is 24.8 Å². The summed E-state index contributed by atoms with van der Waals surface area (Å²) in [6.07, 6.45) is 1.75. The van der Waals surface area contributed by atoms with Crippen molar-refractivity contribution in [2.45, 2.75) is 33.9 Å². The molecule has 2 aromatic rings. The third-order valence-corrected chi connectivity index (χ3v) is 3.50. The van der Waals surface area contributed by atoms with Gasteiger partial charge in [-0.05, 0) is 24.5 Å². The van der Waals surface area contributed by atoms with Gasteiger partial charge in [-0.25, -0.2) is 9.98 Å². The molecule has 1 aromatic carbocycles. The molecule has 0 saturated carbocycles. The first-order valence-corrected chi connectivity index (χ1v) is 8.81. The fourth-order valence-electron chi connectivity index (χ4n) is 2.21. The van der Waals surface area contributed by atoms with Crippen LogP contribution in [-0.2, 0) is 13.2 Å². The van der Waals surface area contributed by atoms with Crippen LogP contribution in [0, 0.1) is 5.92 Å². The standard InChI is InChI=1S/C20H28N4O.HI/c1-4-21-20(23-13-16(2)3)24-14-18-11-8-12-22-19(18)25-15-17-9-6-5-7-10-17;/h5-12,16H,4,13-15H2,1-3H3,(H2,21,23,24);1H. The molecule has 2 N–H and O–H groups in total. The minimum Gasteiger partial charge on any atom is -0.473 e. The fourth-order valence-corrected chi connectivity index (χ4v) is 2.21. The number of ether oxygens (including phenoxy) is 1. The van der Waals surface area contributed by atoms with E-state index in [1.165, 1.54) is 0 Å². The van der Waals surface area contributed by atoms with Crippen molar-refractivity contribution in [1.82, 2.24) is 15.6 Å². The second-order valence-corrected chi connectivity index (χ2v) is 6.21. The second kappa shape index (κ2) is 12.5. The Kier molecular flexibility index (Phi) is 10.7. The number of benzene rings is 1. The summed E-state index contributed by atoms with van der Waals surface area (Å²) in [6, 6.07) is 14.0. The lowest BCUT2D eigenvalue weighted by Crippen LogP contribution is -2.39.